The van der Waals surface area contributed by atoms with E-state index in [9.17, 15) is 9.00 Å². The summed E-state index contributed by atoms with van der Waals surface area (Å²) in [5.74, 6) is 1.23. The Balaban J connectivity index is 1.96. The molecule has 15 heavy (non-hydrogen) atoms. The summed E-state index contributed by atoms with van der Waals surface area (Å²) in [6.07, 6.45) is 0.825. The quantitative estimate of drug-likeness (QED) is 0.811. The predicted octanol–water partition coefficient (Wildman–Crippen LogP) is 0.937. The molecule has 1 amide bonds. The van der Waals surface area contributed by atoms with Crippen LogP contribution in [0, 0.1) is 0 Å². The standard InChI is InChI=1S/C11H13NO2S/c13-11(9-4-2-1-3-5-9)12-10-6-7-15(14)8-10/h1-5,10H,6-8H2,(H,12,13)/t10?,15-/m0/s1. The van der Waals surface area contributed by atoms with Gasteiger partial charge in [0.2, 0.25) is 0 Å². The first-order valence-electron chi connectivity index (χ1n) is 4.96. The van der Waals surface area contributed by atoms with Crippen molar-refractivity contribution in [3.8, 4) is 0 Å². The van der Waals surface area contributed by atoms with E-state index in [1.807, 2.05) is 18.2 Å². The Labute approximate surface area is 91.3 Å². The van der Waals surface area contributed by atoms with Gasteiger partial charge in [-0.1, -0.05) is 18.2 Å². The van der Waals surface area contributed by atoms with E-state index >= 15 is 0 Å². The third-order valence-electron chi connectivity index (χ3n) is 2.45. The molecule has 1 unspecified atom stereocenters. The summed E-state index contributed by atoms with van der Waals surface area (Å²) < 4.78 is 11.1. The maximum atomic E-state index is 11.7. The second kappa shape index (κ2) is 4.57. The Morgan fingerprint density at radius 2 is 2.07 bits per heavy atom. The Hall–Kier alpha value is -1.16. The molecule has 1 heterocycles. The minimum absolute atomic E-state index is 0.0699. The summed E-state index contributed by atoms with van der Waals surface area (Å²) in [5.41, 5.74) is 0.662. The molecule has 2 rings (SSSR count). The Bertz CT molecular complexity index is 377. The highest BCUT2D eigenvalue weighted by molar-refractivity contribution is 7.85. The summed E-state index contributed by atoms with van der Waals surface area (Å²) in [6, 6.07) is 9.19. The molecule has 3 nitrogen and oxygen atoms in total. The highest BCUT2D eigenvalue weighted by Gasteiger charge is 2.22. The van der Waals surface area contributed by atoms with Gasteiger partial charge in [0.25, 0.3) is 5.91 Å². The van der Waals surface area contributed by atoms with Crippen molar-refractivity contribution in [1.29, 1.82) is 0 Å². The maximum Gasteiger partial charge on any atom is 0.251 e. The van der Waals surface area contributed by atoms with Crippen molar-refractivity contribution < 1.29 is 9.00 Å². The smallest absolute Gasteiger partial charge is 0.251 e. The zero-order valence-electron chi connectivity index (χ0n) is 8.31. The van der Waals surface area contributed by atoms with Crippen LogP contribution in [0.5, 0.6) is 0 Å². The van der Waals surface area contributed by atoms with Gasteiger partial charge in [0.05, 0.1) is 0 Å². The van der Waals surface area contributed by atoms with Crippen LogP contribution in [0.1, 0.15) is 16.8 Å². The Kier molecular flexibility index (Phi) is 3.16. The van der Waals surface area contributed by atoms with Crippen LogP contribution in [0.25, 0.3) is 0 Å². The molecule has 1 aromatic rings. The monoisotopic (exact) mass is 223 g/mol. The van der Waals surface area contributed by atoms with Gasteiger partial charge in [-0.2, -0.15) is 0 Å². The third kappa shape index (κ3) is 2.65. The lowest BCUT2D eigenvalue weighted by Crippen LogP contribution is -2.35. The van der Waals surface area contributed by atoms with Crippen LogP contribution < -0.4 is 5.32 Å². The van der Waals surface area contributed by atoms with Crippen LogP contribution in [0.15, 0.2) is 30.3 Å². The summed E-state index contributed by atoms with van der Waals surface area (Å²) >= 11 is 0. The highest BCUT2D eigenvalue weighted by atomic mass is 32.2. The fraction of sp³-hybridized carbons (Fsp3) is 0.364. The molecule has 80 valence electrons. The largest absolute Gasteiger partial charge is 0.348 e. The number of carbonyl (C=O) groups excluding carboxylic acids is 1. The normalized spacial score (nSPS) is 25.1. The molecule has 0 radical (unpaired) electrons. The van der Waals surface area contributed by atoms with Crippen LogP contribution in [0.2, 0.25) is 0 Å². The lowest BCUT2D eigenvalue weighted by atomic mass is 10.2. The lowest BCUT2D eigenvalue weighted by molar-refractivity contribution is 0.0941. The molecule has 0 spiro atoms. The van der Waals surface area contributed by atoms with E-state index in [-0.39, 0.29) is 11.9 Å². The number of amides is 1. The molecule has 1 aliphatic rings. The number of benzene rings is 1. The summed E-state index contributed by atoms with van der Waals surface area (Å²) in [4.78, 5) is 11.7. The minimum Gasteiger partial charge on any atom is -0.348 e. The van der Waals surface area contributed by atoms with Crippen LogP contribution >= 0.6 is 0 Å². The van der Waals surface area contributed by atoms with Gasteiger partial charge in [-0.15, -0.1) is 0 Å². The highest BCUT2D eigenvalue weighted by Crippen LogP contribution is 2.08. The zero-order chi connectivity index (χ0) is 10.7. The van der Waals surface area contributed by atoms with Crippen molar-refractivity contribution in [2.45, 2.75) is 12.5 Å². The zero-order valence-corrected chi connectivity index (χ0v) is 9.13. The van der Waals surface area contributed by atoms with Crippen LogP contribution in [-0.2, 0) is 10.8 Å². The van der Waals surface area contributed by atoms with E-state index in [0.717, 1.165) is 6.42 Å². The third-order valence-corrected chi connectivity index (χ3v) is 3.92. The average molecular weight is 223 g/mol. The van der Waals surface area contributed by atoms with Gasteiger partial charge in [0.15, 0.2) is 0 Å². The molecular weight excluding hydrogens is 210 g/mol. The van der Waals surface area contributed by atoms with Crippen LogP contribution in [0.4, 0.5) is 0 Å². The van der Waals surface area contributed by atoms with Gasteiger partial charge in [-0.3, -0.25) is 9.00 Å². The van der Waals surface area contributed by atoms with Crippen molar-refractivity contribution in [3.05, 3.63) is 35.9 Å². The molecule has 1 fully saturated rings. The molecule has 0 aliphatic carbocycles. The van der Waals surface area contributed by atoms with E-state index < -0.39 is 10.8 Å². The number of hydrogen-bond donors (Lipinski definition) is 1. The first-order valence-corrected chi connectivity index (χ1v) is 6.45. The van der Waals surface area contributed by atoms with Crippen molar-refractivity contribution in [2.75, 3.05) is 11.5 Å². The molecule has 2 atom stereocenters. The van der Waals surface area contributed by atoms with Gasteiger partial charge in [0, 0.05) is 33.9 Å². The molecule has 1 N–H and O–H groups in total. The molecule has 1 aliphatic heterocycles. The number of hydrogen-bond acceptors (Lipinski definition) is 2. The first-order chi connectivity index (χ1) is 7.25. The molecule has 0 saturated carbocycles. The summed E-state index contributed by atoms with van der Waals surface area (Å²) in [5, 5.41) is 2.89. The number of carbonyl (C=O) groups is 1. The van der Waals surface area contributed by atoms with E-state index in [4.69, 9.17) is 0 Å². The van der Waals surface area contributed by atoms with Gasteiger partial charge in [0.1, 0.15) is 0 Å². The van der Waals surface area contributed by atoms with Crippen molar-refractivity contribution >= 4 is 16.7 Å². The van der Waals surface area contributed by atoms with Crippen LogP contribution in [-0.4, -0.2) is 27.7 Å². The molecular formula is C11H13NO2S. The molecule has 1 aromatic carbocycles. The summed E-state index contributed by atoms with van der Waals surface area (Å²) in [6.45, 7) is 0. The molecule has 4 heteroatoms. The van der Waals surface area contributed by atoms with Crippen molar-refractivity contribution in [1.82, 2.24) is 5.32 Å². The van der Waals surface area contributed by atoms with E-state index in [2.05, 4.69) is 5.32 Å². The van der Waals surface area contributed by atoms with E-state index in [0.29, 0.717) is 17.1 Å². The predicted molar refractivity (Wildman–Crippen MR) is 60.2 cm³/mol. The molecule has 1 saturated heterocycles. The number of rotatable bonds is 2. The first kappa shape index (κ1) is 10.4. The Morgan fingerprint density at radius 3 is 2.67 bits per heavy atom. The molecule has 0 aromatic heterocycles. The van der Waals surface area contributed by atoms with Gasteiger partial charge >= 0.3 is 0 Å². The van der Waals surface area contributed by atoms with Crippen LogP contribution in [0.3, 0.4) is 0 Å². The topological polar surface area (TPSA) is 46.2 Å². The van der Waals surface area contributed by atoms with Crippen molar-refractivity contribution in [2.24, 2.45) is 0 Å². The lowest BCUT2D eigenvalue weighted by Gasteiger charge is -2.10. The number of nitrogens with one attached hydrogen (secondary N) is 1. The van der Waals surface area contributed by atoms with E-state index in [1.54, 1.807) is 12.1 Å². The van der Waals surface area contributed by atoms with E-state index in [1.165, 1.54) is 0 Å². The molecule has 0 bridgehead atoms. The van der Waals surface area contributed by atoms with Gasteiger partial charge in [-0.05, 0) is 18.6 Å². The second-order valence-electron chi connectivity index (χ2n) is 3.64. The summed E-state index contributed by atoms with van der Waals surface area (Å²) in [7, 11) is -0.740. The SMILES string of the molecule is O=C(NC1CC[S@](=O)C1)c1ccccc1. The van der Waals surface area contributed by atoms with Crippen molar-refractivity contribution in [3.63, 3.8) is 0 Å². The fourth-order valence-corrected chi connectivity index (χ4v) is 3.05. The van der Waals surface area contributed by atoms with Gasteiger partial charge < -0.3 is 5.32 Å². The minimum atomic E-state index is -0.740. The Morgan fingerprint density at radius 1 is 1.33 bits per heavy atom. The average Bonchev–Trinajstić information content (AvgIpc) is 2.65. The fourth-order valence-electron chi connectivity index (χ4n) is 1.64. The maximum absolute atomic E-state index is 11.7. The second-order valence-corrected chi connectivity index (χ2v) is 5.26. The van der Waals surface area contributed by atoms with Gasteiger partial charge in [-0.25, -0.2) is 0 Å².